The number of hydrogen-bond acceptors (Lipinski definition) is 5. The van der Waals surface area contributed by atoms with Crippen molar-refractivity contribution in [1.82, 2.24) is 9.47 Å². The van der Waals surface area contributed by atoms with Crippen molar-refractivity contribution in [3.8, 4) is 0 Å². The van der Waals surface area contributed by atoms with Crippen LogP contribution in [0.25, 0.3) is 12.2 Å². The molecule has 1 amide bonds. The van der Waals surface area contributed by atoms with E-state index in [1.165, 1.54) is 7.11 Å². The van der Waals surface area contributed by atoms with E-state index in [2.05, 4.69) is 0 Å². The Kier molecular flexibility index (Phi) is 5.66. The average Bonchev–Trinajstić information content (AvgIpc) is 3.47. The molecule has 172 valence electrons. The van der Waals surface area contributed by atoms with Crippen LogP contribution < -0.4 is 5.56 Å². The van der Waals surface area contributed by atoms with E-state index in [4.69, 9.17) is 4.74 Å². The molecule has 33 heavy (non-hydrogen) atoms. The van der Waals surface area contributed by atoms with Crippen molar-refractivity contribution in [3.05, 3.63) is 69.6 Å². The molecule has 1 aliphatic carbocycles. The number of aliphatic hydroxyl groups excluding tert-OH is 1. The van der Waals surface area contributed by atoms with E-state index in [0.717, 1.165) is 24.1 Å². The lowest BCUT2D eigenvalue weighted by Gasteiger charge is -2.30. The summed E-state index contributed by atoms with van der Waals surface area (Å²) in [7, 11) is 1.30. The monoisotopic (exact) mass is 448 g/mol. The molecule has 7 heteroatoms. The van der Waals surface area contributed by atoms with Gasteiger partial charge in [-0.25, -0.2) is 4.79 Å². The maximum atomic E-state index is 13.3. The molecule has 1 saturated carbocycles. The Morgan fingerprint density at radius 3 is 2.55 bits per heavy atom. The molecule has 1 aromatic heterocycles. The molecule has 2 fully saturated rings. The van der Waals surface area contributed by atoms with Gasteiger partial charge in [0.1, 0.15) is 6.04 Å². The Bertz CT molecular complexity index is 1150. The molecular weight excluding hydrogens is 420 g/mol. The van der Waals surface area contributed by atoms with Crippen molar-refractivity contribution in [3.63, 3.8) is 0 Å². The third-order valence-electron chi connectivity index (χ3n) is 7.25. The fourth-order valence-electron chi connectivity index (χ4n) is 5.42. The fraction of sp³-hybridized carbons (Fsp3) is 0.423. The summed E-state index contributed by atoms with van der Waals surface area (Å²) in [5.41, 5.74) is 2.15. The number of esters is 1. The molecule has 0 unspecified atom stereocenters. The second-order valence-electron chi connectivity index (χ2n) is 9.24. The van der Waals surface area contributed by atoms with E-state index >= 15 is 0 Å². The smallest absolute Gasteiger partial charge is 0.328 e. The Morgan fingerprint density at radius 2 is 1.88 bits per heavy atom. The first-order valence-corrected chi connectivity index (χ1v) is 11.5. The number of aromatic nitrogens is 1. The van der Waals surface area contributed by atoms with Gasteiger partial charge in [-0.05, 0) is 42.5 Å². The van der Waals surface area contributed by atoms with E-state index in [0.29, 0.717) is 24.4 Å². The van der Waals surface area contributed by atoms with Gasteiger partial charge in [0.05, 0.1) is 13.2 Å². The third kappa shape index (κ3) is 3.80. The number of benzene rings is 1. The Balaban J connectivity index is 1.52. The lowest BCUT2D eigenvalue weighted by atomic mass is 9.88. The Hall–Kier alpha value is -3.19. The highest BCUT2D eigenvalue weighted by molar-refractivity contribution is 5.86. The molecule has 1 N–H and O–H groups in total. The summed E-state index contributed by atoms with van der Waals surface area (Å²) >= 11 is 0. The molecule has 0 radical (unpaired) electrons. The van der Waals surface area contributed by atoms with Crippen LogP contribution in [0.15, 0.2) is 47.3 Å². The van der Waals surface area contributed by atoms with Crippen molar-refractivity contribution < 1.29 is 19.4 Å². The number of amides is 1. The van der Waals surface area contributed by atoms with Crippen LogP contribution in [-0.2, 0) is 20.9 Å². The van der Waals surface area contributed by atoms with Crippen molar-refractivity contribution in [2.75, 3.05) is 13.7 Å². The molecule has 3 heterocycles. The third-order valence-corrected chi connectivity index (χ3v) is 7.25. The first kappa shape index (κ1) is 21.6. The number of ether oxygens (including phenoxy) is 1. The predicted molar refractivity (Wildman–Crippen MR) is 123 cm³/mol. The van der Waals surface area contributed by atoms with Crippen molar-refractivity contribution in [1.29, 1.82) is 0 Å². The van der Waals surface area contributed by atoms with Crippen LogP contribution in [0.5, 0.6) is 0 Å². The number of aliphatic hydroxyl groups is 1. The van der Waals surface area contributed by atoms with Gasteiger partial charge in [0.2, 0.25) is 5.91 Å². The molecule has 7 nitrogen and oxygen atoms in total. The van der Waals surface area contributed by atoms with E-state index in [1.807, 2.05) is 42.5 Å². The van der Waals surface area contributed by atoms with Gasteiger partial charge < -0.3 is 19.3 Å². The number of rotatable bonds is 6. The maximum absolute atomic E-state index is 13.3. The summed E-state index contributed by atoms with van der Waals surface area (Å²) in [5, 5.41) is 10.2. The molecule has 2 aromatic rings. The minimum absolute atomic E-state index is 0.104. The Morgan fingerprint density at radius 1 is 1.12 bits per heavy atom. The minimum atomic E-state index is -0.831. The zero-order valence-electron chi connectivity index (χ0n) is 18.6. The summed E-state index contributed by atoms with van der Waals surface area (Å²) in [6.07, 6.45) is 6.13. The molecule has 5 rings (SSSR count). The van der Waals surface area contributed by atoms with Gasteiger partial charge in [-0.2, -0.15) is 0 Å². The first-order valence-electron chi connectivity index (χ1n) is 11.5. The molecular formula is C26H28N2O5. The van der Waals surface area contributed by atoms with Gasteiger partial charge in [0.15, 0.2) is 0 Å². The number of methoxy groups -OCH3 is 1. The summed E-state index contributed by atoms with van der Waals surface area (Å²) < 4.78 is 6.72. The van der Waals surface area contributed by atoms with Crippen LogP contribution in [-0.4, -0.2) is 46.2 Å². The molecule has 2 aliphatic heterocycles. The lowest BCUT2D eigenvalue weighted by Crippen LogP contribution is -2.46. The van der Waals surface area contributed by atoms with Crippen LogP contribution in [0.2, 0.25) is 0 Å². The van der Waals surface area contributed by atoms with Gasteiger partial charge in [0, 0.05) is 42.7 Å². The summed E-state index contributed by atoms with van der Waals surface area (Å²) in [4.78, 5) is 40.9. The number of pyridine rings is 1. The lowest BCUT2D eigenvalue weighted by molar-refractivity contribution is -0.154. The van der Waals surface area contributed by atoms with Crippen molar-refractivity contribution >= 4 is 24.0 Å². The number of carbonyl (C=O) groups is 2. The van der Waals surface area contributed by atoms with E-state index in [1.54, 1.807) is 21.6 Å². The standard InChI is InChI=1S/C26H28N2O5/c1-33-26(32)24-20(15-29)19-14-27-21(23(19)28(24)22(30)13-17-7-8-17)12-11-18(25(27)31)10-9-16-5-3-2-4-6-16/h2-6,9-12,17,19-20,23-24,29H,7-8,13-15H2,1H3/b10-9+/t19-,20-,23+,24-/m0/s1. The Labute approximate surface area is 192 Å². The highest BCUT2D eigenvalue weighted by Crippen LogP contribution is 2.50. The molecule has 4 atom stereocenters. The van der Waals surface area contributed by atoms with Gasteiger partial charge in [-0.3, -0.25) is 9.59 Å². The van der Waals surface area contributed by atoms with Crippen molar-refractivity contribution in [2.45, 2.75) is 37.9 Å². The SMILES string of the molecule is COC(=O)[C@@H]1[C@@H](CO)[C@@H]2Cn3c(ccc(/C=C/c4ccccc4)c3=O)[C@@H]2N1C(=O)CC1CC1. The van der Waals surface area contributed by atoms with Gasteiger partial charge in [0.25, 0.3) is 5.56 Å². The van der Waals surface area contributed by atoms with Gasteiger partial charge in [-0.15, -0.1) is 0 Å². The summed E-state index contributed by atoms with van der Waals surface area (Å²) in [6, 6.07) is 12.2. The highest BCUT2D eigenvalue weighted by Gasteiger charge is 2.58. The van der Waals surface area contributed by atoms with Crippen molar-refractivity contribution in [2.24, 2.45) is 17.8 Å². The minimum Gasteiger partial charge on any atom is -0.467 e. The van der Waals surface area contributed by atoms with Crippen LogP contribution >= 0.6 is 0 Å². The number of hydrogen-bond donors (Lipinski definition) is 1. The topological polar surface area (TPSA) is 88.8 Å². The van der Waals surface area contributed by atoms with Crippen LogP contribution in [0.1, 0.15) is 42.1 Å². The zero-order chi connectivity index (χ0) is 23.1. The fourth-order valence-corrected chi connectivity index (χ4v) is 5.42. The number of likely N-dealkylation sites (tertiary alicyclic amines) is 1. The molecule has 0 bridgehead atoms. The highest BCUT2D eigenvalue weighted by atomic mass is 16.5. The molecule has 0 spiro atoms. The second kappa shape index (κ2) is 8.63. The summed E-state index contributed by atoms with van der Waals surface area (Å²) in [6.45, 7) is 0.107. The van der Waals surface area contributed by atoms with Crippen LogP contribution in [0.3, 0.4) is 0 Å². The predicted octanol–water partition coefficient (Wildman–Crippen LogP) is 2.48. The normalized spacial score (nSPS) is 25.8. The van der Waals surface area contributed by atoms with Crippen LogP contribution in [0, 0.1) is 17.8 Å². The quantitative estimate of drug-likeness (QED) is 0.686. The first-order chi connectivity index (χ1) is 16.0. The number of fused-ring (bicyclic) bond motifs is 3. The van der Waals surface area contributed by atoms with E-state index < -0.39 is 24.0 Å². The number of carbonyl (C=O) groups excluding carboxylic acids is 2. The van der Waals surface area contributed by atoms with Crippen LogP contribution in [0.4, 0.5) is 0 Å². The zero-order valence-corrected chi connectivity index (χ0v) is 18.6. The second-order valence-corrected chi connectivity index (χ2v) is 9.24. The maximum Gasteiger partial charge on any atom is 0.328 e. The van der Waals surface area contributed by atoms with E-state index in [9.17, 15) is 19.5 Å². The molecule has 1 aromatic carbocycles. The molecule has 3 aliphatic rings. The molecule has 1 saturated heterocycles. The summed E-state index contributed by atoms with van der Waals surface area (Å²) in [5.74, 6) is -0.954. The average molecular weight is 449 g/mol. The number of nitrogens with zero attached hydrogens (tertiary/aromatic N) is 2. The van der Waals surface area contributed by atoms with E-state index in [-0.39, 0.29) is 24.0 Å². The van der Waals surface area contributed by atoms with Gasteiger partial charge >= 0.3 is 5.97 Å². The van der Waals surface area contributed by atoms with Gasteiger partial charge in [-0.1, -0.05) is 36.4 Å². The largest absolute Gasteiger partial charge is 0.467 e.